The number of thiol groups is 1. The van der Waals surface area contributed by atoms with Crippen molar-refractivity contribution < 1.29 is 0 Å². The Balaban J connectivity index is 3.99. The third-order valence-corrected chi connectivity index (χ3v) is 6.52. The number of thiocarbonyl (C=S) groups is 1. The highest BCUT2D eigenvalue weighted by atomic mass is 33.1. The van der Waals surface area contributed by atoms with Crippen LogP contribution in [0.1, 0.15) is 27.7 Å². The lowest BCUT2D eigenvalue weighted by Gasteiger charge is -2.26. The van der Waals surface area contributed by atoms with Crippen molar-refractivity contribution in [3.63, 3.8) is 0 Å². The molecule has 0 aromatic rings. The minimum atomic E-state index is 0.216. The molecule has 0 heterocycles. The fraction of sp³-hybridized carbons (Fsp3) is 0.900. The zero-order valence-corrected chi connectivity index (χ0v) is 13.8. The lowest BCUT2D eigenvalue weighted by molar-refractivity contribution is 0.341. The molecule has 6 heteroatoms. The van der Waals surface area contributed by atoms with Crippen LogP contribution in [0.4, 0.5) is 0 Å². The van der Waals surface area contributed by atoms with E-state index in [1.165, 1.54) is 0 Å². The van der Waals surface area contributed by atoms with Crippen molar-refractivity contribution >= 4 is 50.8 Å². The average molecular weight is 299 g/mol. The molecule has 0 saturated carbocycles. The molecule has 0 spiro atoms. The van der Waals surface area contributed by atoms with Crippen molar-refractivity contribution in [3.8, 4) is 0 Å². The number of rotatable bonds is 7. The van der Waals surface area contributed by atoms with Gasteiger partial charge in [0, 0.05) is 13.1 Å². The molecule has 1 unspecified atom stereocenters. The summed E-state index contributed by atoms with van der Waals surface area (Å²) in [6.07, 6.45) is 0. The van der Waals surface area contributed by atoms with Gasteiger partial charge in [-0.25, -0.2) is 0 Å². The van der Waals surface area contributed by atoms with Gasteiger partial charge in [-0.2, -0.15) is 0 Å². The van der Waals surface area contributed by atoms with Gasteiger partial charge < -0.3 is 4.90 Å². The molecule has 0 bridgehead atoms. The first kappa shape index (κ1) is 16.9. The van der Waals surface area contributed by atoms with Gasteiger partial charge in [0.15, 0.2) is 0 Å². The molecule has 1 atom stereocenters. The van der Waals surface area contributed by atoms with Crippen molar-refractivity contribution in [2.24, 2.45) is 0 Å². The summed E-state index contributed by atoms with van der Waals surface area (Å²) in [4.78, 5) is 4.49. The fourth-order valence-corrected chi connectivity index (χ4v) is 4.68. The molecule has 16 heavy (non-hydrogen) atoms. The van der Waals surface area contributed by atoms with E-state index in [0.29, 0.717) is 0 Å². The van der Waals surface area contributed by atoms with Crippen LogP contribution in [0.3, 0.4) is 0 Å². The van der Waals surface area contributed by atoms with E-state index >= 15 is 0 Å². The molecule has 0 aromatic carbocycles. The average Bonchev–Trinajstić information content (AvgIpc) is 2.29. The second-order valence-corrected chi connectivity index (χ2v) is 6.92. The molecule has 0 aliphatic carbocycles. The highest BCUT2D eigenvalue weighted by molar-refractivity contribution is 8.84. The number of hydrogen-bond acceptors (Lipinski definition) is 5. The van der Waals surface area contributed by atoms with E-state index in [4.69, 9.17) is 12.2 Å². The van der Waals surface area contributed by atoms with Gasteiger partial charge in [-0.15, -0.1) is 12.6 Å². The molecule has 0 amide bonds. The molecular weight excluding hydrogens is 276 g/mol. The Labute approximate surface area is 119 Å². The Kier molecular flexibility index (Phi) is 10.4. The molecule has 0 radical (unpaired) electrons. The second kappa shape index (κ2) is 9.88. The van der Waals surface area contributed by atoms with E-state index in [1.807, 2.05) is 0 Å². The molecule has 0 rings (SSSR count). The van der Waals surface area contributed by atoms with Gasteiger partial charge in [0.1, 0.15) is 9.03 Å². The minimum Gasteiger partial charge on any atom is -0.357 e. The van der Waals surface area contributed by atoms with Gasteiger partial charge in [-0.1, -0.05) is 36.9 Å². The van der Waals surface area contributed by atoms with Crippen molar-refractivity contribution in [2.45, 2.75) is 32.4 Å². The Bertz CT molecular complexity index is 193. The van der Waals surface area contributed by atoms with Crippen LogP contribution in [0.15, 0.2) is 0 Å². The molecule has 2 nitrogen and oxygen atoms in total. The van der Waals surface area contributed by atoms with Crippen LogP contribution in [0.25, 0.3) is 0 Å². The normalized spacial score (nSPS) is 12.9. The largest absolute Gasteiger partial charge is 0.357 e. The maximum atomic E-state index is 5.37. The highest BCUT2D eigenvalue weighted by Gasteiger charge is 2.14. The van der Waals surface area contributed by atoms with Crippen LogP contribution >= 0.6 is 46.4 Å². The fourth-order valence-electron chi connectivity index (χ4n) is 1.22. The van der Waals surface area contributed by atoms with Gasteiger partial charge in [0.2, 0.25) is 0 Å². The van der Waals surface area contributed by atoms with E-state index in [1.54, 1.807) is 21.6 Å². The lowest BCUT2D eigenvalue weighted by Crippen LogP contribution is -2.29. The van der Waals surface area contributed by atoms with Crippen molar-refractivity contribution in [3.05, 3.63) is 0 Å². The van der Waals surface area contributed by atoms with Crippen molar-refractivity contribution in [1.29, 1.82) is 0 Å². The van der Waals surface area contributed by atoms with Crippen LogP contribution in [0.2, 0.25) is 0 Å². The Hall–Kier alpha value is 0.900. The van der Waals surface area contributed by atoms with Crippen LogP contribution in [-0.4, -0.2) is 45.0 Å². The molecule has 0 aromatic heterocycles. The summed E-state index contributed by atoms with van der Waals surface area (Å²) in [6, 6.07) is 0. The zero-order valence-electron chi connectivity index (χ0n) is 10.5. The third-order valence-electron chi connectivity index (χ3n) is 2.35. The van der Waals surface area contributed by atoms with E-state index < -0.39 is 0 Å². The van der Waals surface area contributed by atoms with Crippen LogP contribution in [-0.2, 0) is 0 Å². The summed E-state index contributed by atoms with van der Waals surface area (Å²) in [6.45, 7) is 12.6. The first-order chi connectivity index (χ1) is 7.60. The van der Waals surface area contributed by atoms with E-state index in [0.717, 1.165) is 30.5 Å². The topological polar surface area (TPSA) is 6.48 Å². The summed E-state index contributed by atoms with van der Waals surface area (Å²) in [5.74, 6) is 0. The summed E-state index contributed by atoms with van der Waals surface area (Å²) in [5.41, 5.74) is 0. The Morgan fingerprint density at radius 3 is 2.00 bits per heavy atom. The molecule has 0 fully saturated rings. The van der Waals surface area contributed by atoms with Gasteiger partial charge in [0.05, 0.1) is 0 Å². The predicted molar refractivity (Wildman–Crippen MR) is 86.4 cm³/mol. The number of hydrogen-bond donors (Lipinski definition) is 1. The Morgan fingerprint density at radius 1 is 1.12 bits per heavy atom. The summed E-state index contributed by atoms with van der Waals surface area (Å²) < 4.78 is 1.18. The van der Waals surface area contributed by atoms with Crippen molar-refractivity contribution in [2.75, 3.05) is 26.2 Å². The summed E-state index contributed by atoms with van der Waals surface area (Å²) in [7, 11) is 3.38. The van der Waals surface area contributed by atoms with Crippen LogP contribution in [0.5, 0.6) is 0 Å². The van der Waals surface area contributed by atoms with Crippen LogP contribution < -0.4 is 0 Å². The smallest absolute Gasteiger partial charge is 0.147 e. The molecule has 0 aliphatic heterocycles. The van der Waals surface area contributed by atoms with Crippen LogP contribution in [0, 0.1) is 0 Å². The lowest BCUT2D eigenvalue weighted by atomic mass is 10.6. The quantitative estimate of drug-likeness (QED) is 0.331. The molecule has 96 valence electrons. The van der Waals surface area contributed by atoms with Gasteiger partial charge in [-0.3, -0.25) is 4.90 Å². The molecule has 0 N–H and O–H groups in total. The standard InChI is InChI=1S/C10H22N2S4/c1-5-11(6-2)9(13)15-16-10(14)12(7-3)8-4/h9,13H,5-8H2,1-4H3. The monoisotopic (exact) mass is 298 g/mol. The Morgan fingerprint density at radius 2 is 1.62 bits per heavy atom. The number of nitrogens with zero attached hydrogens (tertiary/aromatic N) is 2. The predicted octanol–water partition coefficient (Wildman–Crippen LogP) is 3.55. The first-order valence-electron chi connectivity index (χ1n) is 5.64. The molecule has 0 aliphatic rings. The third kappa shape index (κ3) is 6.00. The van der Waals surface area contributed by atoms with Gasteiger partial charge in [-0.05, 0) is 37.7 Å². The second-order valence-electron chi connectivity index (χ2n) is 3.17. The molecular formula is C10H22N2S4. The van der Waals surface area contributed by atoms with Gasteiger partial charge in [0.25, 0.3) is 0 Å². The highest BCUT2D eigenvalue weighted by Crippen LogP contribution is 2.33. The maximum Gasteiger partial charge on any atom is 0.147 e. The molecule has 0 saturated heterocycles. The van der Waals surface area contributed by atoms with Crippen molar-refractivity contribution in [1.82, 2.24) is 9.80 Å². The summed E-state index contributed by atoms with van der Waals surface area (Å²) in [5, 5.41) is 0. The van der Waals surface area contributed by atoms with Gasteiger partial charge >= 0.3 is 0 Å². The van der Waals surface area contributed by atoms with E-state index in [-0.39, 0.29) is 4.71 Å². The van der Waals surface area contributed by atoms with E-state index in [2.05, 4.69) is 50.1 Å². The zero-order chi connectivity index (χ0) is 12.6. The van der Waals surface area contributed by atoms with E-state index in [9.17, 15) is 0 Å². The first-order valence-corrected chi connectivity index (χ1v) is 8.78. The summed E-state index contributed by atoms with van der Waals surface area (Å²) >= 11 is 9.94. The SMILES string of the molecule is CCN(CC)C(=S)SSC(S)N(CC)CC. The minimum absolute atomic E-state index is 0.216. The maximum absolute atomic E-state index is 5.37.